The lowest BCUT2D eigenvalue weighted by molar-refractivity contribution is 0.0478. The Morgan fingerprint density at radius 2 is 2.00 bits per heavy atom. The van der Waals surface area contributed by atoms with Crippen molar-refractivity contribution < 1.29 is 28.5 Å². The Morgan fingerprint density at radius 3 is 2.68 bits per heavy atom. The standard InChI is InChI=1S/C28H38ClN3O6/c1-30-23(14-19-6-5-12-37-18-19)17-32-27(33)21-9-10-25(35-2)24(16-21)26(20-7-4-8-22(29)15-20)38-13-11-31-28(34)36-3/h4,7-10,15-16,19,23,26,30H,5-6,11-14,17-18H2,1-3H3,(H,31,34)(H,32,33)/t19-,23+,26?/m1/s1. The molecule has 3 atom stereocenters. The number of likely N-dealkylation sites (N-methyl/N-ethyl adjacent to an activating group) is 1. The number of methoxy groups -OCH3 is 2. The van der Waals surface area contributed by atoms with Crippen LogP contribution in [-0.4, -0.2) is 72.2 Å². The molecule has 10 heteroatoms. The first-order valence-electron chi connectivity index (χ1n) is 12.8. The number of benzene rings is 2. The summed E-state index contributed by atoms with van der Waals surface area (Å²) in [6.45, 7) is 2.54. The van der Waals surface area contributed by atoms with E-state index in [0.29, 0.717) is 34.4 Å². The zero-order chi connectivity index (χ0) is 27.3. The van der Waals surface area contributed by atoms with Crippen LogP contribution in [0.2, 0.25) is 5.02 Å². The Bertz CT molecular complexity index is 1050. The van der Waals surface area contributed by atoms with Crippen LogP contribution in [0.25, 0.3) is 0 Å². The number of hydrogen-bond donors (Lipinski definition) is 3. The summed E-state index contributed by atoms with van der Waals surface area (Å²) in [6, 6.07) is 12.7. The number of ether oxygens (including phenoxy) is 4. The summed E-state index contributed by atoms with van der Waals surface area (Å²) in [5.41, 5.74) is 1.95. The van der Waals surface area contributed by atoms with Crippen LogP contribution in [0.1, 0.15) is 46.9 Å². The van der Waals surface area contributed by atoms with Crippen molar-refractivity contribution in [2.24, 2.45) is 5.92 Å². The summed E-state index contributed by atoms with van der Waals surface area (Å²) in [6.07, 6.45) is 2.03. The van der Waals surface area contributed by atoms with Gasteiger partial charge >= 0.3 is 6.09 Å². The van der Waals surface area contributed by atoms with Gasteiger partial charge in [-0.25, -0.2) is 4.79 Å². The molecule has 2 aromatic carbocycles. The van der Waals surface area contributed by atoms with E-state index in [-0.39, 0.29) is 25.1 Å². The van der Waals surface area contributed by atoms with Crippen LogP contribution in [0.15, 0.2) is 42.5 Å². The molecular weight excluding hydrogens is 510 g/mol. The molecule has 2 aromatic rings. The van der Waals surface area contributed by atoms with Crippen LogP contribution in [-0.2, 0) is 14.2 Å². The van der Waals surface area contributed by atoms with Crippen molar-refractivity contribution in [2.75, 3.05) is 54.2 Å². The molecule has 2 amide bonds. The zero-order valence-electron chi connectivity index (χ0n) is 22.3. The van der Waals surface area contributed by atoms with Gasteiger partial charge in [-0.05, 0) is 68.1 Å². The molecule has 1 heterocycles. The molecule has 1 aliphatic rings. The van der Waals surface area contributed by atoms with Crippen molar-refractivity contribution in [2.45, 2.75) is 31.4 Å². The molecule has 1 fully saturated rings. The largest absolute Gasteiger partial charge is 0.496 e. The number of halogens is 1. The second-order valence-electron chi connectivity index (χ2n) is 9.20. The minimum atomic E-state index is -0.591. The summed E-state index contributed by atoms with van der Waals surface area (Å²) < 4.78 is 22.0. The van der Waals surface area contributed by atoms with E-state index >= 15 is 0 Å². The average Bonchev–Trinajstić information content (AvgIpc) is 2.95. The molecule has 9 nitrogen and oxygen atoms in total. The molecule has 1 aliphatic heterocycles. The average molecular weight is 548 g/mol. The molecule has 0 saturated carbocycles. The van der Waals surface area contributed by atoms with Gasteiger partial charge in [0.25, 0.3) is 5.91 Å². The highest BCUT2D eigenvalue weighted by Crippen LogP contribution is 2.34. The van der Waals surface area contributed by atoms with Gasteiger partial charge in [0.1, 0.15) is 11.9 Å². The molecule has 0 spiro atoms. The minimum absolute atomic E-state index is 0.147. The maximum absolute atomic E-state index is 13.2. The second kappa shape index (κ2) is 15.5. The van der Waals surface area contributed by atoms with Gasteiger partial charge in [0, 0.05) is 48.5 Å². The van der Waals surface area contributed by atoms with Crippen molar-refractivity contribution in [3.05, 3.63) is 64.2 Å². The highest BCUT2D eigenvalue weighted by atomic mass is 35.5. The lowest BCUT2D eigenvalue weighted by atomic mass is 9.94. The number of nitrogens with one attached hydrogen (secondary N) is 3. The summed E-state index contributed by atoms with van der Waals surface area (Å²) in [4.78, 5) is 24.6. The van der Waals surface area contributed by atoms with Gasteiger partial charge in [-0.15, -0.1) is 0 Å². The van der Waals surface area contributed by atoms with Gasteiger partial charge in [0.2, 0.25) is 0 Å². The lowest BCUT2D eigenvalue weighted by Crippen LogP contribution is -2.41. The molecule has 3 N–H and O–H groups in total. The highest BCUT2D eigenvalue weighted by Gasteiger charge is 2.23. The predicted octanol–water partition coefficient (Wildman–Crippen LogP) is 3.95. The monoisotopic (exact) mass is 547 g/mol. The van der Waals surface area contributed by atoms with E-state index in [9.17, 15) is 9.59 Å². The molecule has 0 radical (unpaired) electrons. The van der Waals surface area contributed by atoms with Gasteiger partial charge in [0.15, 0.2) is 0 Å². The van der Waals surface area contributed by atoms with E-state index in [1.54, 1.807) is 37.4 Å². The van der Waals surface area contributed by atoms with Crippen LogP contribution in [0.5, 0.6) is 5.75 Å². The lowest BCUT2D eigenvalue weighted by Gasteiger charge is -2.26. The van der Waals surface area contributed by atoms with Gasteiger partial charge in [-0.2, -0.15) is 0 Å². The first kappa shape index (κ1) is 29.7. The SMILES string of the molecule is CN[C@H](CNC(=O)c1ccc(OC)c(C(OCCNC(=O)OC)c2cccc(Cl)c2)c1)C[C@H]1CCCOC1. The molecule has 0 bridgehead atoms. The quantitative estimate of drug-likeness (QED) is 0.326. The molecule has 1 unspecified atom stereocenters. The van der Waals surface area contributed by atoms with Crippen LogP contribution >= 0.6 is 11.6 Å². The van der Waals surface area contributed by atoms with Gasteiger partial charge in [0.05, 0.1) is 20.8 Å². The molecule has 1 saturated heterocycles. The third-order valence-electron chi connectivity index (χ3n) is 6.56. The van der Waals surface area contributed by atoms with Crippen molar-refractivity contribution >= 4 is 23.6 Å². The van der Waals surface area contributed by atoms with Crippen LogP contribution in [0, 0.1) is 5.92 Å². The van der Waals surface area contributed by atoms with E-state index in [1.807, 2.05) is 19.2 Å². The normalized spacial score (nSPS) is 16.8. The summed E-state index contributed by atoms with van der Waals surface area (Å²) in [5, 5.41) is 9.52. The summed E-state index contributed by atoms with van der Waals surface area (Å²) >= 11 is 6.27. The first-order valence-corrected chi connectivity index (χ1v) is 13.2. The third kappa shape index (κ3) is 8.87. The summed E-state index contributed by atoms with van der Waals surface area (Å²) in [5.74, 6) is 0.874. The van der Waals surface area contributed by atoms with Crippen molar-refractivity contribution in [3.8, 4) is 5.75 Å². The number of amides is 2. The van der Waals surface area contributed by atoms with E-state index < -0.39 is 12.2 Å². The highest BCUT2D eigenvalue weighted by molar-refractivity contribution is 6.30. The molecule has 0 aromatic heterocycles. The minimum Gasteiger partial charge on any atom is -0.496 e. The second-order valence-corrected chi connectivity index (χ2v) is 9.63. The predicted molar refractivity (Wildman–Crippen MR) is 146 cm³/mol. The van der Waals surface area contributed by atoms with Gasteiger partial charge in [-0.3, -0.25) is 4.79 Å². The fourth-order valence-corrected chi connectivity index (χ4v) is 4.73. The molecule has 208 valence electrons. The van der Waals surface area contributed by atoms with E-state index in [0.717, 1.165) is 38.0 Å². The first-order chi connectivity index (χ1) is 18.4. The number of carbonyl (C=O) groups is 2. The summed E-state index contributed by atoms with van der Waals surface area (Å²) in [7, 11) is 4.78. The van der Waals surface area contributed by atoms with Crippen LogP contribution in [0.3, 0.4) is 0 Å². The maximum atomic E-state index is 13.2. The number of rotatable bonds is 13. The number of hydrogen-bond acceptors (Lipinski definition) is 7. The van der Waals surface area contributed by atoms with E-state index in [2.05, 4.69) is 20.7 Å². The maximum Gasteiger partial charge on any atom is 0.406 e. The molecular formula is C28H38ClN3O6. The van der Waals surface area contributed by atoms with Crippen LogP contribution < -0.4 is 20.7 Å². The van der Waals surface area contributed by atoms with E-state index in [4.69, 9.17) is 25.8 Å². The Kier molecular flexibility index (Phi) is 12.1. The fraction of sp³-hybridized carbons (Fsp3) is 0.500. The molecule has 38 heavy (non-hydrogen) atoms. The molecule has 3 rings (SSSR count). The Hall–Kier alpha value is -2.85. The van der Waals surface area contributed by atoms with Gasteiger partial charge < -0.3 is 34.9 Å². The fourth-order valence-electron chi connectivity index (χ4n) is 4.53. The number of alkyl carbamates (subject to hydrolysis) is 1. The van der Waals surface area contributed by atoms with E-state index in [1.165, 1.54) is 7.11 Å². The molecule has 0 aliphatic carbocycles. The smallest absolute Gasteiger partial charge is 0.406 e. The van der Waals surface area contributed by atoms with Crippen molar-refractivity contribution in [1.82, 2.24) is 16.0 Å². The van der Waals surface area contributed by atoms with Crippen molar-refractivity contribution in [3.63, 3.8) is 0 Å². The van der Waals surface area contributed by atoms with Gasteiger partial charge in [-0.1, -0.05) is 23.7 Å². The Labute approximate surface area is 229 Å². The zero-order valence-corrected chi connectivity index (χ0v) is 23.0. The Balaban J connectivity index is 1.76. The number of carbonyl (C=O) groups excluding carboxylic acids is 2. The van der Waals surface area contributed by atoms with Crippen LogP contribution in [0.4, 0.5) is 4.79 Å². The Morgan fingerprint density at radius 1 is 1.16 bits per heavy atom. The van der Waals surface area contributed by atoms with Crippen molar-refractivity contribution in [1.29, 1.82) is 0 Å². The third-order valence-corrected chi connectivity index (χ3v) is 6.79. The topological polar surface area (TPSA) is 107 Å².